The minimum absolute atomic E-state index is 0.00888. The highest BCUT2D eigenvalue weighted by atomic mass is 19.4. The second kappa shape index (κ2) is 20.6. The van der Waals surface area contributed by atoms with Gasteiger partial charge in [-0.3, -0.25) is 19.1 Å². The van der Waals surface area contributed by atoms with Gasteiger partial charge in [-0.05, 0) is 6.42 Å². The number of aliphatic carboxylic acids is 2. The summed E-state index contributed by atoms with van der Waals surface area (Å²) in [5.41, 5.74) is 3.87. The molecule has 0 aromatic carbocycles. The molecule has 3 rings (SSSR count). The van der Waals surface area contributed by atoms with Crippen molar-refractivity contribution < 1.29 is 72.4 Å². The fraction of sp³-hybridized carbons (Fsp3) is 0.767. The Morgan fingerprint density at radius 1 is 0.941 bits per heavy atom. The first-order valence-electron chi connectivity index (χ1n) is 16.5. The third-order valence-electron chi connectivity index (χ3n) is 8.23. The summed E-state index contributed by atoms with van der Waals surface area (Å²) in [5, 5.41) is 62.0. The Hall–Kier alpha value is -3.44. The number of carboxylic acid groups (broad SMARTS) is 2. The molecule has 1 aromatic heterocycles. The molecule has 0 unspecified atom stereocenters. The summed E-state index contributed by atoms with van der Waals surface area (Å²) in [7, 11) is 0. The number of aliphatic hydroxyl groups is 4. The number of halogens is 3. The largest absolute Gasteiger partial charge is 0.490 e. The van der Waals surface area contributed by atoms with Crippen LogP contribution in [0.4, 0.5) is 13.2 Å². The molecule has 0 aliphatic carbocycles. The Balaban J connectivity index is 0.00000116. The zero-order chi connectivity index (χ0) is 38.5. The Bertz CT molecular complexity index is 1380. The molecule has 2 aliphatic heterocycles. The lowest BCUT2D eigenvalue weighted by molar-refractivity contribution is -0.228. The number of aromatic nitrogens is 2. The van der Waals surface area contributed by atoms with Crippen LogP contribution in [0.5, 0.6) is 0 Å². The second-order valence-electron chi connectivity index (χ2n) is 12.1. The van der Waals surface area contributed by atoms with Gasteiger partial charge in [-0.25, -0.2) is 14.4 Å². The van der Waals surface area contributed by atoms with Gasteiger partial charge >= 0.3 is 23.8 Å². The lowest BCUT2D eigenvalue weighted by atomic mass is 9.98. The van der Waals surface area contributed by atoms with Gasteiger partial charge in [-0.15, -0.1) is 0 Å². The molecule has 0 radical (unpaired) electrons. The summed E-state index contributed by atoms with van der Waals surface area (Å²) in [5.74, 6) is -4.97. The van der Waals surface area contributed by atoms with Gasteiger partial charge in [0.2, 0.25) is 5.91 Å². The number of hydrogen-bond acceptors (Lipinski definition) is 13. The lowest BCUT2D eigenvalue weighted by Gasteiger charge is -2.33. The molecular weight excluding hydrogens is 697 g/mol. The number of aromatic amines is 1. The number of carbonyl (C=O) groups excluding carboxylic acids is 1. The molecule has 292 valence electrons. The maximum Gasteiger partial charge on any atom is 0.490 e. The molecule has 0 saturated carbocycles. The average molecular weight is 745 g/mol. The van der Waals surface area contributed by atoms with Crippen LogP contribution in [0.1, 0.15) is 77.4 Å². The van der Waals surface area contributed by atoms with Crippen LogP contribution in [-0.4, -0.2) is 126 Å². The van der Waals surface area contributed by atoms with Crippen LogP contribution in [0.3, 0.4) is 0 Å². The van der Waals surface area contributed by atoms with E-state index >= 15 is 0 Å². The molecule has 18 nitrogen and oxygen atoms in total. The normalized spacial score (nSPS) is 27.3. The van der Waals surface area contributed by atoms with Gasteiger partial charge in [0.05, 0.1) is 0 Å². The van der Waals surface area contributed by atoms with E-state index in [1.165, 1.54) is 25.7 Å². The van der Waals surface area contributed by atoms with Crippen molar-refractivity contribution in [2.45, 2.75) is 139 Å². The fourth-order valence-electron chi connectivity index (χ4n) is 5.46. The molecule has 10 N–H and O–H groups in total. The number of unbranched alkanes of at least 4 members (excludes halogenated alkanes) is 8. The molecule has 1 aromatic rings. The number of alkyl halides is 3. The van der Waals surface area contributed by atoms with E-state index in [4.69, 9.17) is 29.8 Å². The van der Waals surface area contributed by atoms with Gasteiger partial charge in [0, 0.05) is 25.2 Å². The van der Waals surface area contributed by atoms with Crippen molar-refractivity contribution >= 4 is 17.8 Å². The van der Waals surface area contributed by atoms with Gasteiger partial charge in [0.25, 0.3) is 5.56 Å². The number of nitrogens with zero attached hydrogens (tertiary/aromatic N) is 1. The highest BCUT2D eigenvalue weighted by molar-refractivity contribution is 5.84. The van der Waals surface area contributed by atoms with E-state index in [0.29, 0.717) is 6.42 Å². The maximum absolute atomic E-state index is 12.8. The zero-order valence-electron chi connectivity index (χ0n) is 27.8. The standard InChI is InChI=1S/C28H46N4O12.C2HF3O2/c1-2-3-4-5-6-7-8-9-10-11-16(33)30-18(26(39)40)23(44-27-22(38)19(35)15(14-29)42-27)24-20(36)21(37)25(43-24)32-13-12-17(34)31-28(32)41;3-2(4,5)1(6)7/h12-13,15,18-25,27,35-38H,2-11,14,29H2,1H3,(H,30,33)(H,39,40)(H,31,34,41);(H,6,7)/t15-,18+,19-,20+,21-,22-,23+,24+,25-,27+;/m1./s1. The topological polar surface area (TPSA) is 293 Å². The molecule has 3 heterocycles. The lowest BCUT2D eigenvalue weighted by Crippen LogP contribution is -2.58. The summed E-state index contributed by atoms with van der Waals surface area (Å²) in [6, 6.07) is -0.904. The van der Waals surface area contributed by atoms with Crippen molar-refractivity contribution in [2.24, 2.45) is 5.73 Å². The summed E-state index contributed by atoms with van der Waals surface area (Å²) < 4.78 is 49.5. The molecule has 21 heteroatoms. The van der Waals surface area contributed by atoms with Crippen LogP contribution in [0, 0.1) is 0 Å². The van der Waals surface area contributed by atoms with Crippen LogP contribution >= 0.6 is 0 Å². The second-order valence-corrected chi connectivity index (χ2v) is 12.1. The summed E-state index contributed by atoms with van der Waals surface area (Å²) in [6.07, 6.45) is -9.59. The molecule has 10 atom stereocenters. The van der Waals surface area contributed by atoms with Crippen molar-refractivity contribution in [2.75, 3.05) is 6.54 Å². The molecule has 0 spiro atoms. The monoisotopic (exact) mass is 744 g/mol. The number of H-pyrrole nitrogens is 1. The number of amides is 1. The molecule has 2 aliphatic rings. The van der Waals surface area contributed by atoms with E-state index in [2.05, 4.69) is 12.2 Å². The van der Waals surface area contributed by atoms with E-state index in [0.717, 1.165) is 42.5 Å². The van der Waals surface area contributed by atoms with Crippen LogP contribution in [0.2, 0.25) is 0 Å². The van der Waals surface area contributed by atoms with Gasteiger partial charge in [-0.1, -0.05) is 58.3 Å². The number of nitrogens with one attached hydrogen (secondary N) is 2. The van der Waals surface area contributed by atoms with E-state index < -0.39 is 96.6 Å². The maximum atomic E-state index is 12.8. The minimum Gasteiger partial charge on any atom is -0.480 e. The first-order chi connectivity index (χ1) is 23.9. The third kappa shape index (κ3) is 12.9. The minimum atomic E-state index is -5.08. The van der Waals surface area contributed by atoms with Gasteiger partial charge in [0.1, 0.15) is 42.7 Å². The Morgan fingerprint density at radius 2 is 1.51 bits per heavy atom. The highest BCUT2D eigenvalue weighted by Gasteiger charge is 2.54. The quantitative estimate of drug-likeness (QED) is 0.0821. The fourth-order valence-corrected chi connectivity index (χ4v) is 5.46. The van der Waals surface area contributed by atoms with Gasteiger partial charge in [0.15, 0.2) is 18.6 Å². The Morgan fingerprint density at radius 3 is 2.00 bits per heavy atom. The van der Waals surface area contributed by atoms with Crippen molar-refractivity contribution in [1.82, 2.24) is 14.9 Å². The van der Waals surface area contributed by atoms with Gasteiger partial charge in [-0.2, -0.15) is 13.2 Å². The smallest absolute Gasteiger partial charge is 0.480 e. The first-order valence-corrected chi connectivity index (χ1v) is 16.5. The molecule has 2 saturated heterocycles. The average Bonchev–Trinajstić information content (AvgIpc) is 3.50. The number of carbonyl (C=O) groups is 3. The van der Waals surface area contributed by atoms with Crippen molar-refractivity contribution in [3.63, 3.8) is 0 Å². The molecule has 1 amide bonds. The Kier molecular flexibility index (Phi) is 17.6. The number of aliphatic hydroxyl groups excluding tert-OH is 4. The summed E-state index contributed by atoms with van der Waals surface area (Å²) >= 11 is 0. The van der Waals surface area contributed by atoms with Gasteiger partial charge < -0.3 is 55.9 Å². The molecule has 2 fully saturated rings. The van der Waals surface area contributed by atoms with E-state index in [9.17, 15) is 57.9 Å². The number of hydrogen-bond donors (Lipinski definition) is 9. The van der Waals surface area contributed by atoms with E-state index in [1.54, 1.807) is 0 Å². The van der Waals surface area contributed by atoms with Crippen LogP contribution < -0.4 is 22.3 Å². The van der Waals surface area contributed by atoms with E-state index in [-0.39, 0.29) is 13.0 Å². The predicted molar refractivity (Wildman–Crippen MR) is 167 cm³/mol. The first kappa shape index (κ1) is 43.7. The summed E-state index contributed by atoms with van der Waals surface area (Å²) in [6.45, 7) is 1.95. The number of carboxylic acids is 2. The zero-order valence-corrected chi connectivity index (χ0v) is 27.8. The molecule has 51 heavy (non-hydrogen) atoms. The van der Waals surface area contributed by atoms with Crippen molar-refractivity contribution in [3.8, 4) is 0 Å². The van der Waals surface area contributed by atoms with Crippen molar-refractivity contribution in [1.29, 1.82) is 0 Å². The van der Waals surface area contributed by atoms with Crippen LogP contribution in [-0.2, 0) is 28.6 Å². The summed E-state index contributed by atoms with van der Waals surface area (Å²) in [4.78, 5) is 60.1. The third-order valence-corrected chi connectivity index (χ3v) is 8.23. The number of nitrogens with two attached hydrogens (primary N) is 1. The number of rotatable bonds is 18. The predicted octanol–water partition coefficient (Wildman–Crippen LogP) is -0.930. The number of ether oxygens (including phenoxy) is 3. The SMILES string of the molecule is CCCCCCCCCCCC(=O)N[C@H](C(=O)O)[C@H](O[C@@H]1O[C@H](CN)[C@@H](O)[C@H]1O)[C@H]1O[C@@H](n2ccc(=O)[nH]c2=O)[C@H](O)[C@@H]1O.O=C(O)C(F)(F)F. The highest BCUT2D eigenvalue weighted by Crippen LogP contribution is 2.34. The van der Waals surface area contributed by atoms with Crippen LogP contribution in [0.15, 0.2) is 21.9 Å². The van der Waals surface area contributed by atoms with E-state index in [1.807, 2.05) is 4.98 Å². The molecule has 0 bridgehead atoms. The van der Waals surface area contributed by atoms with Crippen LogP contribution in [0.25, 0.3) is 0 Å². The Labute approximate surface area is 289 Å². The molecular formula is C30H47F3N4O14. The van der Waals surface area contributed by atoms with Crippen molar-refractivity contribution in [3.05, 3.63) is 33.1 Å².